The van der Waals surface area contributed by atoms with Crippen LogP contribution >= 0.6 is 24.0 Å². The van der Waals surface area contributed by atoms with Crippen LogP contribution in [0.1, 0.15) is 46.6 Å². The van der Waals surface area contributed by atoms with E-state index < -0.39 is 0 Å². The van der Waals surface area contributed by atoms with Crippen molar-refractivity contribution in [3.8, 4) is 5.88 Å². The molecule has 0 aliphatic carbocycles. The fraction of sp³-hybridized carbons (Fsp3) is 0.647. The van der Waals surface area contributed by atoms with Crippen molar-refractivity contribution < 1.29 is 4.74 Å². The molecule has 0 bridgehead atoms. The van der Waals surface area contributed by atoms with Crippen LogP contribution in [0.4, 0.5) is 0 Å². The summed E-state index contributed by atoms with van der Waals surface area (Å²) in [7, 11) is 0. The second-order valence-electron chi connectivity index (χ2n) is 5.79. The highest BCUT2D eigenvalue weighted by Crippen LogP contribution is 2.15. The van der Waals surface area contributed by atoms with Crippen molar-refractivity contribution in [2.24, 2.45) is 10.9 Å². The lowest BCUT2D eigenvalue weighted by molar-refractivity contribution is 0.185. The fourth-order valence-corrected chi connectivity index (χ4v) is 2.21. The molecule has 6 heteroatoms. The third-order valence-electron chi connectivity index (χ3n) is 3.03. The van der Waals surface area contributed by atoms with Gasteiger partial charge in [-0.2, -0.15) is 0 Å². The zero-order valence-corrected chi connectivity index (χ0v) is 17.3. The number of nitrogens with zero attached hydrogens (tertiary/aromatic N) is 2. The third-order valence-corrected chi connectivity index (χ3v) is 3.03. The SMILES string of the molecule is CCNC(=NCc1ccnc(OC(C)CC(C)C)c1)NCC.I. The molecule has 1 heterocycles. The van der Waals surface area contributed by atoms with Crippen LogP contribution in [0.2, 0.25) is 0 Å². The highest BCUT2D eigenvalue weighted by molar-refractivity contribution is 14.0. The molecular weight excluding hydrogens is 403 g/mol. The van der Waals surface area contributed by atoms with Gasteiger partial charge in [0, 0.05) is 25.4 Å². The topological polar surface area (TPSA) is 58.5 Å². The average Bonchev–Trinajstić information content (AvgIpc) is 2.44. The van der Waals surface area contributed by atoms with E-state index in [1.807, 2.05) is 12.1 Å². The highest BCUT2D eigenvalue weighted by Gasteiger charge is 2.08. The second kappa shape index (κ2) is 12.4. The Hall–Kier alpha value is -1.05. The minimum atomic E-state index is 0. The summed E-state index contributed by atoms with van der Waals surface area (Å²) >= 11 is 0. The number of rotatable bonds is 8. The Labute approximate surface area is 157 Å². The third kappa shape index (κ3) is 9.63. The number of halogens is 1. The monoisotopic (exact) mass is 434 g/mol. The van der Waals surface area contributed by atoms with Crippen molar-refractivity contribution in [1.29, 1.82) is 0 Å². The van der Waals surface area contributed by atoms with Gasteiger partial charge >= 0.3 is 0 Å². The summed E-state index contributed by atoms with van der Waals surface area (Å²) in [6, 6.07) is 3.94. The largest absolute Gasteiger partial charge is 0.475 e. The lowest BCUT2D eigenvalue weighted by atomic mass is 10.1. The van der Waals surface area contributed by atoms with Gasteiger partial charge in [-0.1, -0.05) is 13.8 Å². The van der Waals surface area contributed by atoms with Gasteiger partial charge in [-0.05, 0) is 44.7 Å². The molecule has 0 aliphatic heterocycles. The fourth-order valence-electron chi connectivity index (χ4n) is 2.21. The van der Waals surface area contributed by atoms with Gasteiger partial charge in [-0.25, -0.2) is 9.98 Å². The maximum Gasteiger partial charge on any atom is 0.213 e. The molecule has 0 saturated heterocycles. The molecule has 0 fully saturated rings. The summed E-state index contributed by atoms with van der Waals surface area (Å²) in [5.41, 5.74) is 1.09. The summed E-state index contributed by atoms with van der Waals surface area (Å²) in [4.78, 5) is 8.84. The van der Waals surface area contributed by atoms with Crippen LogP contribution in [-0.4, -0.2) is 30.1 Å². The number of pyridine rings is 1. The molecule has 0 amide bonds. The second-order valence-corrected chi connectivity index (χ2v) is 5.79. The van der Waals surface area contributed by atoms with Crippen LogP contribution < -0.4 is 15.4 Å². The molecule has 0 radical (unpaired) electrons. The zero-order valence-electron chi connectivity index (χ0n) is 14.9. The van der Waals surface area contributed by atoms with Gasteiger partial charge in [0.2, 0.25) is 5.88 Å². The molecule has 132 valence electrons. The molecular formula is C17H31IN4O. The zero-order chi connectivity index (χ0) is 16.4. The minimum absolute atomic E-state index is 0. The standard InChI is InChI=1S/C17H30N4O.HI/c1-6-18-17(19-7-2)21-12-15-8-9-20-16(11-15)22-14(5)10-13(3)4;/h8-9,11,13-14H,6-7,10,12H2,1-5H3,(H2,18,19,21);1H. The number of aliphatic imine (C=N–C) groups is 1. The van der Waals surface area contributed by atoms with Crippen molar-refractivity contribution in [2.75, 3.05) is 13.1 Å². The summed E-state index contributed by atoms with van der Waals surface area (Å²) < 4.78 is 5.88. The number of hydrogen-bond donors (Lipinski definition) is 2. The molecule has 1 aromatic heterocycles. The number of ether oxygens (including phenoxy) is 1. The van der Waals surface area contributed by atoms with Gasteiger partial charge in [0.25, 0.3) is 0 Å². The van der Waals surface area contributed by atoms with Gasteiger partial charge in [0.1, 0.15) is 0 Å². The van der Waals surface area contributed by atoms with E-state index in [1.54, 1.807) is 6.20 Å². The molecule has 5 nitrogen and oxygen atoms in total. The minimum Gasteiger partial charge on any atom is -0.475 e. The molecule has 23 heavy (non-hydrogen) atoms. The van der Waals surface area contributed by atoms with Crippen LogP contribution in [-0.2, 0) is 6.54 Å². The predicted octanol–water partition coefficient (Wildman–Crippen LogP) is 3.59. The molecule has 0 saturated carbocycles. The Morgan fingerprint density at radius 1 is 1.22 bits per heavy atom. The normalized spacial score (nSPS) is 11.4. The lowest BCUT2D eigenvalue weighted by Crippen LogP contribution is -2.36. The van der Waals surface area contributed by atoms with Crippen molar-refractivity contribution in [1.82, 2.24) is 15.6 Å². The van der Waals surface area contributed by atoms with Crippen molar-refractivity contribution >= 4 is 29.9 Å². The first kappa shape index (κ1) is 21.9. The van der Waals surface area contributed by atoms with Gasteiger partial charge < -0.3 is 15.4 Å². The Bertz CT molecular complexity index is 458. The maximum absolute atomic E-state index is 5.88. The van der Waals surface area contributed by atoms with E-state index in [0.29, 0.717) is 18.3 Å². The number of aromatic nitrogens is 1. The van der Waals surface area contributed by atoms with Crippen LogP contribution in [0.15, 0.2) is 23.3 Å². The van der Waals surface area contributed by atoms with E-state index in [9.17, 15) is 0 Å². The van der Waals surface area contributed by atoms with Crippen molar-refractivity contribution in [2.45, 2.75) is 53.7 Å². The quantitative estimate of drug-likeness (QED) is 0.373. The Balaban J connectivity index is 0.00000484. The van der Waals surface area contributed by atoms with Gasteiger partial charge in [0.15, 0.2) is 5.96 Å². The first-order valence-corrected chi connectivity index (χ1v) is 8.18. The van der Waals surface area contributed by atoms with E-state index in [1.165, 1.54) is 0 Å². The first-order chi connectivity index (χ1) is 10.5. The predicted molar refractivity (Wildman–Crippen MR) is 108 cm³/mol. The number of guanidine groups is 1. The Morgan fingerprint density at radius 2 is 1.87 bits per heavy atom. The Kier molecular flexibility index (Phi) is 11.8. The van der Waals surface area contributed by atoms with E-state index in [2.05, 4.69) is 55.2 Å². The van der Waals surface area contributed by atoms with Crippen LogP contribution in [0.3, 0.4) is 0 Å². The molecule has 1 unspecified atom stereocenters. The van der Waals surface area contributed by atoms with E-state index in [0.717, 1.165) is 31.0 Å². The lowest BCUT2D eigenvalue weighted by Gasteiger charge is -2.16. The van der Waals surface area contributed by atoms with Gasteiger partial charge in [0.05, 0.1) is 12.6 Å². The molecule has 0 aromatic carbocycles. The first-order valence-electron chi connectivity index (χ1n) is 8.18. The number of nitrogens with one attached hydrogen (secondary N) is 2. The average molecular weight is 434 g/mol. The number of hydrogen-bond acceptors (Lipinski definition) is 3. The van der Waals surface area contributed by atoms with Crippen molar-refractivity contribution in [3.05, 3.63) is 23.9 Å². The summed E-state index contributed by atoms with van der Waals surface area (Å²) in [6.45, 7) is 12.9. The Morgan fingerprint density at radius 3 is 2.43 bits per heavy atom. The molecule has 0 spiro atoms. The van der Waals surface area contributed by atoms with Gasteiger partial charge in [-0.15, -0.1) is 24.0 Å². The summed E-state index contributed by atoms with van der Waals surface area (Å²) in [5, 5.41) is 6.43. The summed E-state index contributed by atoms with van der Waals surface area (Å²) in [5.74, 6) is 2.12. The summed E-state index contributed by atoms with van der Waals surface area (Å²) in [6.07, 6.45) is 2.97. The van der Waals surface area contributed by atoms with E-state index in [4.69, 9.17) is 4.74 Å². The van der Waals surface area contributed by atoms with Gasteiger partial charge in [-0.3, -0.25) is 0 Å². The highest BCUT2D eigenvalue weighted by atomic mass is 127. The molecule has 2 N–H and O–H groups in total. The van der Waals surface area contributed by atoms with Crippen LogP contribution in [0.5, 0.6) is 5.88 Å². The van der Waals surface area contributed by atoms with Crippen molar-refractivity contribution in [3.63, 3.8) is 0 Å². The molecule has 1 aromatic rings. The smallest absolute Gasteiger partial charge is 0.213 e. The van der Waals surface area contributed by atoms with E-state index in [-0.39, 0.29) is 30.1 Å². The van der Waals surface area contributed by atoms with Crippen LogP contribution in [0.25, 0.3) is 0 Å². The molecule has 0 aliphatic rings. The van der Waals surface area contributed by atoms with E-state index >= 15 is 0 Å². The van der Waals surface area contributed by atoms with Crippen LogP contribution in [0, 0.1) is 5.92 Å². The molecule has 1 atom stereocenters. The maximum atomic E-state index is 5.88. The molecule has 1 rings (SSSR count).